The topological polar surface area (TPSA) is 75.4 Å². The van der Waals surface area contributed by atoms with Crippen LogP contribution in [0, 0.1) is 5.82 Å². The maximum Gasteiger partial charge on any atom is 0.291 e. The van der Waals surface area contributed by atoms with E-state index in [0.29, 0.717) is 17.7 Å². The molecule has 1 aliphatic rings. The minimum Gasteiger partial charge on any atom is -0.367 e. The minimum atomic E-state index is -0.549. The summed E-state index contributed by atoms with van der Waals surface area (Å²) in [5, 5.41) is 8.88. The first-order valence-corrected chi connectivity index (χ1v) is 12.4. The van der Waals surface area contributed by atoms with Crippen molar-refractivity contribution in [1.29, 1.82) is 0 Å². The third kappa shape index (κ3) is 4.46. The molecule has 2 aromatic carbocycles. The number of anilines is 1. The summed E-state index contributed by atoms with van der Waals surface area (Å²) in [4.78, 5) is 30.5. The van der Waals surface area contributed by atoms with Crippen molar-refractivity contribution < 1.29 is 9.18 Å². The van der Waals surface area contributed by atoms with E-state index in [2.05, 4.69) is 20.2 Å². The molecular weight excluding hydrogens is 459 g/mol. The van der Waals surface area contributed by atoms with Gasteiger partial charge in [0, 0.05) is 50.5 Å². The number of benzene rings is 2. The quantitative estimate of drug-likeness (QED) is 0.403. The molecule has 5 rings (SSSR count). The summed E-state index contributed by atoms with van der Waals surface area (Å²) in [7, 11) is 1.62. The van der Waals surface area contributed by atoms with Crippen molar-refractivity contribution in [3.63, 3.8) is 0 Å². The van der Waals surface area contributed by atoms with E-state index in [1.165, 1.54) is 10.7 Å². The van der Waals surface area contributed by atoms with Crippen LogP contribution in [0.15, 0.2) is 59.5 Å². The Labute approximate surface area is 208 Å². The van der Waals surface area contributed by atoms with Crippen molar-refractivity contribution >= 4 is 33.4 Å². The second-order valence-electron chi connectivity index (χ2n) is 9.32. The Morgan fingerprint density at radius 2 is 1.78 bits per heavy atom. The van der Waals surface area contributed by atoms with Gasteiger partial charge in [-0.05, 0) is 38.1 Å². The number of para-hydroxylation sites is 2. The highest BCUT2D eigenvalue weighted by molar-refractivity contribution is 6.08. The highest BCUT2D eigenvalue weighted by atomic mass is 19.1. The average Bonchev–Trinajstić information content (AvgIpc) is 3.24. The van der Waals surface area contributed by atoms with Crippen molar-refractivity contribution in [3.8, 4) is 0 Å². The lowest BCUT2D eigenvalue weighted by Gasteiger charge is -2.36. The van der Waals surface area contributed by atoms with Crippen LogP contribution in [0.1, 0.15) is 19.4 Å². The summed E-state index contributed by atoms with van der Waals surface area (Å²) in [6.07, 6.45) is 2.50. The van der Waals surface area contributed by atoms with Gasteiger partial charge in [0.2, 0.25) is 5.91 Å². The van der Waals surface area contributed by atoms with Crippen LogP contribution >= 0.6 is 0 Å². The number of halogens is 1. The van der Waals surface area contributed by atoms with Crippen LogP contribution < -0.4 is 15.8 Å². The molecule has 0 spiro atoms. The Kier molecular flexibility index (Phi) is 6.73. The lowest BCUT2D eigenvalue weighted by molar-refractivity contribution is -0.123. The standard InChI is InChI=1S/C27H31FN6O2/c1-19(34-23-10-5-3-8-20(23)21-18-30-31(2)27(36)25(21)34)26(35)29-12-7-13-32-14-16-33(17-15-32)24-11-6-4-9-22(24)28/h3-6,8-11,18-19H,7,12-17H2,1-2H3,(H,29,35)/t19-/m1/s1. The zero-order valence-electron chi connectivity index (χ0n) is 20.7. The van der Waals surface area contributed by atoms with Crippen molar-refractivity contribution in [2.45, 2.75) is 19.4 Å². The van der Waals surface area contributed by atoms with Gasteiger partial charge in [-0.3, -0.25) is 14.5 Å². The highest BCUT2D eigenvalue weighted by Gasteiger charge is 2.23. The lowest BCUT2D eigenvalue weighted by Crippen LogP contribution is -2.47. The fraction of sp³-hybridized carbons (Fsp3) is 0.370. The van der Waals surface area contributed by atoms with Gasteiger partial charge in [0.05, 0.1) is 17.4 Å². The van der Waals surface area contributed by atoms with Gasteiger partial charge in [0.1, 0.15) is 17.4 Å². The third-order valence-electron chi connectivity index (χ3n) is 7.09. The van der Waals surface area contributed by atoms with E-state index < -0.39 is 6.04 Å². The van der Waals surface area contributed by atoms with E-state index in [9.17, 15) is 14.0 Å². The number of aromatic nitrogens is 3. The fourth-order valence-electron chi connectivity index (χ4n) is 5.09. The van der Waals surface area contributed by atoms with Crippen LogP contribution in [-0.4, -0.2) is 64.4 Å². The van der Waals surface area contributed by atoms with E-state index in [0.717, 1.165) is 55.4 Å². The van der Waals surface area contributed by atoms with Crippen molar-refractivity contribution in [2.24, 2.45) is 7.05 Å². The third-order valence-corrected chi connectivity index (χ3v) is 7.09. The summed E-state index contributed by atoms with van der Waals surface area (Å²) in [6.45, 7) is 6.51. The molecule has 0 saturated carbocycles. The number of piperazine rings is 1. The maximum absolute atomic E-state index is 14.1. The molecule has 36 heavy (non-hydrogen) atoms. The number of aryl methyl sites for hydroxylation is 1. The molecule has 3 heterocycles. The largest absolute Gasteiger partial charge is 0.367 e. The summed E-state index contributed by atoms with van der Waals surface area (Å²) >= 11 is 0. The summed E-state index contributed by atoms with van der Waals surface area (Å²) in [6, 6.07) is 14.1. The molecule has 1 amide bonds. The van der Waals surface area contributed by atoms with E-state index in [-0.39, 0.29) is 17.3 Å². The second kappa shape index (κ2) is 10.1. The number of nitrogens with one attached hydrogen (secondary N) is 1. The summed E-state index contributed by atoms with van der Waals surface area (Å²) < 4.78 is 17.2. The minimum absolute atomic E-state index is 0.124. The first-order valence-electron chi connectivity index (χ1n) is 12.4. The molecule has 1 N–H and O–H groups in total. The van der Waals surface area contributed by atoms with E-state index in [1.54, 1.807) is 19.3 Å². The first kappa shape index (κ1) is 24.0. The fourth-order valence-corrected chi connectivity index (χ4v) is 5.09. The predicted octanol–water partition coefficient (Wildman–Crippen LogP) is 2.92. The van der Waals surface area contributed by atoms with Gasteiger partial charge in [-0.1, -0.05) is 30.3 Å². The monoisotopic (exact) mass is 490 g/mol. The number of rotatable bonds is 7. The van der Waals surface area contributed by atoms with Crippen LogP contribution in [0.4, 0.5) is 10.1 Å². The van der Waals surface area contributed by atoms with E-state index >= 15 is 0 Å². The molecule has 2 aromatic heterocycles. The normalized spacial score (nSPS) is 15.5. The smallest absolute Gasteiger partial charge is 0.291 e. The molecule has 1 saturated heterocycles. The highest BCUT2D eigenvalue weighted by Crippen LogP contribution is 2.29. The van der Waals surface area contributed by atoms with Crippen LogP contribution in [0.3, 0.4) is 0 Å². The number of amides is 1. The molecule has 8 nitrogen and oxygen atoms in total. The Morgan fingerprint density at radius 3 is 2.56 bits per heavy atom. The zero-order chi connectivity index (χ0) is 25.2. The molecule has 0 aliphatic carbocycles. The van der Waals surface area contributed by atoms with Crippen LogP contribution in [0.5, 0.6) is 0 Å². The first-order chi connectivity index (χ1) is 17.5. The molecule has 0 bridgehead atoms. The Bertz CT molecular complexity index is 1450. The second-order valence-corrected chi connectivity index (χ2v) is 9.32. The van der Waals surface area contributed by atoms with Gasteiger partial charge in [-0.2, -0.15) is 5.10 Å². The van der Waals surface area contributed by atoms with Gasteiger partial charge in [-0.15, -0.1) is 0 Å². The number of fused-ring (bicyclic) bond motifs is 3. The van der Waals surface area contributed by atoms with Crippen molar-refractivity contribution in [2.75, 3.05) is 44.2 Å². The van der Waals surface area contributed by atoms with E-state index in [4.69, 9.17) is 0 Å². The Morgan fingerprint density at radius 1 is 1.06 bits per heavy atom. The molecule has 0 unspecified atom stereocenters. The van der Waals surface area contributed by atoms with Crippen LogP contribution in [0.25, 0.3) is 21.8 Å². The number of hydrogen-bond donors (Lipinski definition) is 1. The van der Waals surface area contributed by atoms with E-state index in [1.807, 2.05) is 47.9 Å². The molecule has 1 fully saturated rings. The number of carbonyl (C=O) groups is 1. The number of carbonyl (C=O) groups excluding carboxylic acids is 1. The SMILES string of the molecule is C[C@H](C(=O)NCCCN1CCN(c2ccccc2F)CC1)n1c2ccccc2c2cnn(C)c(=O)c21. The molecule has 188 valence electrons. The molecule has 4 aromatic rings. The summed E-state index contributed by atoms with van der Waals surface area (Å²) in [5.74, 6) is -0.305. The maximum atomic E-state index is 14.1. The van der Waals surface area contributed by atoms with Gasteiger partial charge in [0.25, 0.3) is 5.56 Å². The van der Waals surface area contributed by atoms with Crippen LogP contribution in [0.2, 0.25) is 0 Å². The van der Waals surface area contributed by atoms with Gasteiger partial charge in [-0.25, -0.2) is 9.07 Å². The van der Waals surface area contributed by atoms with Gasteiger partial charge >= 0.3 is 0 Å². The van der Waals surface area contributed by atoms with Crippen molar-refractivity contribution in [3.05, 3.63) is 70.9 Å². The predicted molar refractivity (Wildman–Crippen MR) is 140 cm³/mol. The molecule has 1 aliphatic heterocycles. The number of nitrogens with zero attached hydrogens (tertiary/aromatic N) is 5. The zero-order valence-corrected chi connectivity index (χ0v) is 20.7. The van der Waals surface area contributed by atoms with Crippen molar-refractivity contribution in [1.82, 2.24) is 24.6 Å². The van der Waals surface area contributed by atoms with Gasteiger partial charge in [0.15, 0.2) is 0 Å². The Balaban J connectivity index is 1.19. The lowest BCUT2D eigenvalue weighted by atomic mass is 10.2. The molecule has 9 heteroatoms. The van der Waals surface area contributed by atoms with Crippen LogP contribution in [-0.2, 0) is 11.8 Å². The number of hydrogen-bond acceptors (Lipinski definition) is 5. The summed E-state index contributed by atoms with van der Waals surface area (Å²) in [5.41, 5.74) is 1.77. The average molecular weight is 491 g/mol. The molecule has 1 atom stereocenters. The van der Waals surface area contributed by atoms with Gasteiger partial charge < -0.3 is 14.8 Å². The molecule has 0 radical (unpaired) electrons. The molecular formula is C27H31FN6O2. The Hall–Kier alpha value is -3.72.